The van der Waals surface area contributed by atoms with Crippen molar-refractivity contribution >= 4 is 50.4 Å². The molecule has 2 aromatic rings. The number of oxime groups is 1. The summed E-state index contributed by atoms with van der Waals surface area (Å²) >= 11 is 4.72. The van der Waals surface area contributed by atoms with Crippen LogP contribution in [0.15, 0.2) is 27.8 Å². The third kappa shape index (κ3) is 5.36. The molecule has 3 rings (SSSR count). The van der Waals surface area contributed by atoms with Crippen molar-refractivity contribution in [3.05, 3.63) is 44.2 Å². The molecule has 9 heteroatoms. The number of nitrogens with zero attached hydrogens (tertiary/aromatic N) is 1. The van der Waals surface area contributed by atoms with Crippen molar-refractivity contribution in [3.63, 3.8) is 0 Å². The molecule has 0 aliphatic heterocycles. The van der Waals surface area contributed by atoms with Crippen molar-refractivity contribution in [1.82, 2.24) is 0 Å². The maximum Gasteiger partial charge on any atom is 0.341 e. The lowest BCUT2D eigenvalue weighted by atomic mass is 9.95. The molecule has 154 valence electrons. The van der Waals surface area contributed by atoms with Gasteiger partial charge in [0, 0.05) is 14.9 Å². The van der Waals surface area contributed by atoms with Gasteiger partial charge in [0.25, 0.3) is 5.91 Å². The second-order valence-electron chi connectivity index (χ2n) is 6.39. The zero-order chi connectivity index (χ0) is 20.8. The third-order valence-corrected chi connectivity index (χ3v) is 6.06. The Hall–Kier alpha value is -2.39. The third-order valence-electron chi connectivity index (χ3n) is 4.36. The normalized spacial score (nSPS) is 13.2. The fourth-order valence-electron chi connectivity index (χ4n) is 3.05. The van der Waals surface area contributed by atoms with Gasteiger partial charge in [-0.2, -0.15) is 0 Å². The predicted molar refractivity (Wildman–Crippen MR) is 115 cm³/mol. The highest BCUT2D eigenvalue weighted by molar-refractivity contribution is 9.10. The number of nitrogens with one attached hydrogen (secondary N) is 1. The first-order chi connectivity index (χ1) is 14.0. The van der Waals surface area contributed by atoms with Gasteiger partial charge in [-0.1, -0.05) is 21.1 Å². The summed E-state index contributed by atoms with van der Waals surface area (Å²) in [6.07, 6.45) is 5.13. The van der Waals surface area contributed by atoms with E-state index < -0.39 is 11.9 Å². The van der Waals surface area contributed by atoms with E-state index in [9.17, 15) is 14.7 Å². The van der Waals surface area contributed by atoms with Crippen LogP contribution in [0.3, 0.4) is 0 Å². The number of carbonyl (C=O) groups is 2. The number of esters is 1. The molecule has 0 radical (unpaired) electrons. The van der Waals surface area contributed by atoms with Gasteiger partial charge < -0.3 is 20.0 Å². The summed E-state index contributed by atoms with van der Waals surface area (Å²) in [6, 6.07) is 4.89. The molecule has 0 saturated carbocycles. The van der Waals surface area contributed by atoms with Crippen molar-refractivity contribution < 1.29 is 24.3 Å². The number of benzene rings is 1. The fourth-order valence-corrected chi connectivity index (χ4v) is 4.73. The van der Waals surface area contributed by atoms with Crippen molar-refractivity contribution in [1.29, 1.82) is 0 Å². The molecule has 0 spiro atoms. The molecule has 1 aromatic heterocycles. The van der Waals surface area contributed by atoms with Gasteiger partial charge in [0.1, 0.15) is 10.8 Å². The Morgan fingerprint density at radius 3 is 2.93 bits per heavy atom. The molecule has 0 bridgehead atoms. The largest absolute Gasteiger partial charge is 0.507 e. The molecule has 7 nitrogen and oxygen atoms in total. The van der Waals surface area contributed by atoms with Gasteiger partial charge in [0.05, 0.1) is 18.4 Å². The van der Waals surface area contributed by atoms with Crippen LogP contribution in [0, 0.1) is 0 Å². The molecule has 0 fully saturated rings. The quantitative estimate of drug-likeness (QED) is 0.350. The van der Waals surface area contributed by atoms with Crippen LogP contribution in [0.2, 0.25) is 0 Å². The number of ether oxygens (including phenoxy) is 1. The van der Waals surface area contributed by atoms with Crippen LogP contribution in [-0.2, 0) is 27.2 Å². The molecule has 29 heavy (non-hydrogen) atoms. The molecular weight excluding hydrogens is 460 g/mol. The first-order valence-electron chi connectivity index (χ1n) is 9.25. The lowest BCUT2D eigenvalue weighted by Crippen LogP contribution is -2.19. The first kappa shape index (κ1) is 21.3. The number of halogens is 1. The number of fused-ring (bicyclic) bond motifs is 1. The van der Waals surface area contributed by atoms with Crippen LogP contribution in [0.25, 0.3) is 0 Å². The number of phenolic OH excluding ortho intramolecular Hbond substituents is 1. The van der Waals surface area contributed by atoms with Gasteiger partial charge in [-0.25, -0.2) is 4.79 Å². The van der Waals surface area contributed by atoms with Crippen LogP contribution in [0.4, 0.5) is 5.00 Å². The summed E-state index contributed by atoms with van der Waals surface area (Å²) < 4.78 is 5.96. The van der Waals surface area contributed by atoms with Crippen molar-refractivity contribution in [2.75, 3.05) is 18.5 Å². The van der Waals surface area contributed by atoms with Crippen LogP contribution >= 0.6 is 27.3 Å². The Balaban J connectivity index is 1.64. The van der Waals surface area contributed by atoms with E-state index in [0.29, 0.717) is 16.1 Å². The predicted octanol–water partition coefficient (Wildman–Crippen LogP) is 4.26. The summed E-state index contributed by atoms with van der Waals surface area (Å²) in [5.41, 5.74) is 1.90. The second-order valence-corrected chi connectivity index (χ2v) is 8.42. The van der Waals surface area contributed by atoms with E-state index in [0.717, 1.165) is 40.6 Å². The lowest BCUT2D eigenvalue weighted by molar-refractivity contribution is -0.120. The molecule has 1 aliphatic rings. The van der Waals surface area contributed by atoms with Crippen LogP contribution < -0.4 is 5.32 Å². The molecule has 1 aliphatic carbocycles. The van der Waals surface area contributed by atoms with E-state index in [2.05, 4.69) is 26.4 Å². The number of anilines is 1. The summed E-state index contributed by atoms with van der Waals surface area (Å²) in [5.74, 6) is -0.788. The number of thiophene rings is 1. The van der Waals surface area contributed by atoms with Crippen LogP contribution in [0.5, 0.6) is 5.75 Å². The summed E-state index contributed by atoms with van der Waals surface area (Å²) in [6.45, 7) is 1.71. The monoisotopic (exact) mass is 480 g/mol. The number of hydrogen-bond acceptors (Lipinski definition) is 7. The molecule has 0 atom stereocenters. The average Bonchev–Trinajstić information content (AvgIpc) is 3.05. The lowest BCUT2D eigenvalue weighted by Gasteiger charge is -2.12. The molecule has 1 heterocycles. The number of aromatic hydroxyl groups is 1. The van der Waals surface area contributed by atoms with Crippen molar-refractivity contribution in [3.8, 4) is 5.75 Å². The van der Waals surface area contributed by atoms with Crippen molar-refractivity contribution in [2.45, 2.75) is 32.6 Å². The fraction of sp³-hybridized carbons (Fsp3) is 0.350. The number of aryl methyl sites for hydroxylation is 1. The highest BCUT2D eigenvalue weighted by Crippen LogP contribution is 2.38. The summed E-state index contributed by atoms with van der Waals surface area (Å²) in [5, 5.41) is 16.7. The van der Waals surface area contributed by atoms with Gasteiger partial charge in [-0.15, -0.1) is 11.3 Å². The number of hydrogen-bond donors (Lipinski definition) is 2. The first-order valence-corrected chi connectivity index (χ1v) is 10.9. The van der Waals surface area contributed by atoms with Crippen LogP contribution in [0.1, 0.15) is 46.1 Å². The number of amides is 1. The molecule has 2 N–H and O–H groups in total. The smallest absolute Gasteiger partial charge is 0.341 e. The average molecular weight is 481 g/mol. The molecule has 0 saturated heterocycles. The Morgan fingerprint density at radius 2 is 2.14 bits per heavy atom. The molecule has 0 unspecified atom stereocenters. The molecule has 1 amide bonds. The SMILES string of the molecule is CCOC(=O)c1c(NC(=O)CON=Cc2cc(Br)ccc2O)sc2c1CCCC2. The highest BCUT2D eigenvalue weighted by Gasteiger charge is 2.27. The van der Waals surface area contributed by atoms with E-state index in [1.54, 1.807) is 19.1 Å². The Labute approximate surface area is 180 Å². The number of carbonyl (C=O) groups excluding carboxylic acids is 2. The minimum atomic E-state index is -0.426. The van der Waals surface area contributed by atoms with Crippen LogP contribution in [-0.4, -0.2) is 36.4 Å². The zero-order valence-electron chi connectivity index (χ0n) is 15.9. The van der Waals surface area contributed by atoms with Gasteiger partial charge in [0.15, 0.2) is 6.61 Å². The summed E-state index contributed by atoms with van der Waals surface area (Å²) in [7, 11) is 0. The topological polar surface area (TPSA) is 97.2 Å². The number of rotatable bonds is 7. The van der Waals surface area contributed by atoms with Gasteiger partial charge >= 0.3 is 5.97 Å². The van der Waals surface area contributed by atoms with Gasteiger partial charge in [0.2, 0.25) is 0 Å². The second kappa shape index (κ2) is 9.89. The van der Waals surface area contributed by atoms with E-state index in [1.165, 1.54) is 23.6 Å². The van der Waals surface area contributed by atoms with E-state index in [1.807, 2.05) is 0 Å². The maximum atomic E-state index is 12.4. The standard InChI is InChI=1S/C20H21BrN2O5S/c1-2-27-20(26)18-14-5-3-4-6-16(14)29-19(18)23-17(25)11-28-22-10-12-9-13(21)7-8-15(12)24/h7-10,24H,2-6,11H2,1H3,(H,23,25). The van der Waals surface area contributed by atoms with E-state index in [-0.39, 0.29) is 19.0 Å². The van der Waals surface area contributed by atoms with Crippen molar-refractivity contribution in [2.24, 2.45) is 5.16 Å². The minimum absolute atomic E-state index is 0.0493. The molecular formula is C20H21BrN2O5S. The Morgan fingerprint density at radius 1 is 1.34 bits per heavy atom. The highest BCUT2D eigenvalue weighted by atomic mass is 79.9. The molecule has 1 aromatic carbocycles. The zero-order valence-corrected chi connectivity index (χ0v) is 18.3. The Bertz CT molecular complexity index is 941. The Kier molecular flexibility index (Phi) is 7.27. The summed E-state index contributed by atoms with van der Waals surface area (Å²) in [4.78, 5) is 30.8. The van der Waals surface area contributed by atoms with Gasteiger partial charge in [-0.05, 0) is 56.4 Å². The van der Waals surface area contributed by atoms with Gasteiger partial charge in [-0.3, -0.25) is 4.79 Å². The van der Waals surface area contributed by atoms with E-state index >= 15 is 0 Å². The maximum absolute atomic E-state index is 12.4. The van der Waals surface area contributed by atoms with E-state index in [4.69, 9.17) is 9.57 Å². The number of phenols is 1. The minimum Gasteiger partial charge on any atom is -0.507 e.